The van der Waals surface area contributed by atoms with E-state index in [1.807, 2.05) is 31.2 Å². The maximum absolute atomic E-state index is 12.6. The summed E-state index contributed by atoms with van der Waals surface area (Å²) >= 11 is 0. The summed E-state index contributed by atoms with van der Waals surface area (Å²) in [7, 11) is 1.64. The molecule has 0 aliphatic rings. The first-order chi connectivity index (χ1) is 20.9. The van der Waals surface area contributed by atoms with Gasteiger partial charge in [0.05, 0.1) is 6.54 Å². The summed E-state index contributed by atoms with van der Waals surface area (Å²) in [5, 5.41) is 13.5. The van der Waals surface area contributed by atoms with Crippen molar-refractivity contribution < 1.29 is 23.9 Å². The summed E-state index contributed by atoms with van der Waals surface area (Å²) in [6.07, 6.45) is 0.208. The molecule has 4 N–H and O–H groups in total. The van der Waals surface area contributed by atoms with E-state index in [0.717, 1.165) is 17.7 Å². The number of carbonyl (C=O) groups is 3. The molecule has 43 heavy (non-hydrogen) atoms. The maximum Gasteiger partial charge on any atom is 0.416 e. The van der Waals surface area contributed by atoms with Gasteiger partial charge in [-0.3, -0.25) is 14.5 Å². The van der Waals surface area contributed by atoms with E-state index in [0.29, 0.717) is 17.0 Å². The van der Waals surface area contributed by atoms with Crippen LogP contribution in [0.1, 0.15) is 22.8 Å². The minimum absolute atomic E-state index is 0.0256. The third kappa shape index (κ3) is 8.36. The molecule has 0 saturated carbocycles. The Labute approximate surface area is 248 Å². The molecule has 220 valence electrons. The molecule has 3 amide bonds. The molecule has 1 heterocycles. The van der Waals surface area contributed by atoms with Crippen LogP contribution in [0.2, 0.25) is 0 Å². The number of benzene rings is 3. The van der Waals surface area contributed by atoms with E-state index in [1.54, 1.807) is 67.7 Å². The molecule has 0 spiro atoms. The number of nitrogens with one attached hydrogen (secondary N) is 2. The zero-order chi connectivity index (χ0) is 30.6. The zero-order valence-electron chi connectivity index (χ0n) is 23.7. The van der Waals surface area contributed by atoms with Crippen molar-refractivity contribution in [1.29, 1.82) is 0 Å². The van der Waals surface area contributed by atoms with Crippen molar-refractivity contribution in [2.24, 2.45) is 10.2 Å². The highest BCUT2D eigenvalue weighted by Crippen LogP contribution is 2.30. The number of hydrogen-bond donors (Lipinski definition) is 3. The Kier molecular flexibility index (Phi) is 10.3. The van der Waals surface area contributed by atoms with Crippen molar-refractivity contribution in [1.82, 2.24) is 10.3 Å². The largest absolute Gasteiger partial charge is 0.455 e. The zero-order valence-corrected chi connectivity index (χ0v) is 23.7. The number of azo groups is 1. The van der Waals surface area contributed by atoms with Gasteiger partial charge in [0.15, 0.2) is 11.6 Å². The molecule has 0 unspecified atom stereocenters. The van der Waals surface area contributed by atoms with E-state index < -0.39 is 12.0 Å². The fourth-order valence-electron chi connectivity index (χ4n) is 3.91. The van der Waals surface area contributed by atoms with Crippen LogP contribution in [0.4, 0.5) is 33.5 Å². The van der Waals surface area contributed by atoms with E-state index in [9.17, 15) is 14.4 Å². The minimum Gasteiger partial charge on any atom is -0.455 e. The topological polar surface area (TPSA) is 161 Å². The number of nitrogens with zero attached hydrogens (tertiary/aromatic N) is 4. The van der Waals surface area contributed by atoms with Gasteiger partial charge in [0.1, 0.15) is 17.2 Å². The second-order valence-corrected chi connectivity index (χ2v) is 9.08. The summed E-state index contributed by atoms with van der Waals surface area (Å²) in [5.74, 6) is -0.293. The van der Waals surface area contributed by atoms with Crippen LogP contribution in [-0.4, -0.2) is 43.3 Å². The predicted octanol–water partition coefficient (Wildman–Crippen LogP) is 5.62. The standard InChI is InChI=1S/C31H31N7O5/c1-3-21-11-7-9-15-25(21)38(2)31(41)43-20-42-26-16-10-8-14-23(26)36-37-24-17-18-27(35-29(24)32)34-28(39)19-33-30(40)22-12-5-4-6-13-22/h4-18H,3,19-20H2,1-2H3,(H,33,40)(H3,32,34,35,39). The molecule has 0 aliphatic carbocycles. The Hall–Kier alpha value is -5.78. The average molecular weight is 582 g/mol. The van der Waals surface area contributed by atoms with Crippen LogP contribution in [0.25, 0.3) is 0 Å². The molecule has 0 bridgehead atoms. The molecule has 4 aromatic rings. The Bertz CT molecular complexity index is 1610. The minimum atomic E-state index is -0.565. The highest BCUT2D eigenvalue weighted by Gasteiger charge is 2.15. The highest BCUT2D eigenvalue weighted by atomic mass is 16.7. The van der Waals surface area contributed by atoms with Gasteiger partial charge in [0, 0.05) is 18.3 Å². The number of pyridine rings is 1. The molecule has 3 aromatic carbocycles. The van der Waals surface area contributed by atoms with Crippen LogP contribution in [0.3, 0.4) is 0 Å². The molecule has 4 rings (SSSR count). The summed E-state index contributed by atoms with van der Waals surface area (Å²) in [6, 6.07) is 26.0. The number of aryl methyl sites for hydroxylation is 1. The van der Waals surface area contributed by atoms with E-state index in [2.05, 4.69) is 25.8 Å². The molecule has 0 saturated heterocycles. The van der Waals surface area contributed by atoms with Crippen LogP contribution >= 0.6 is 0 Å². The Balaban J connectivity index is 1.31. The van der Waals surface area contributed by atoms with Crippen molar-refractivity contribution in [2.75, 3.05) is 36.3 Å². The number of amides is 3. The van der Waals surface area contributed by atoms with Gasteiger partial charge in [0.2, 0.25) is 12.7 Å². The van der Waals surface area contributed by atoms with E-state index in [-0.39, 0.29) is 36.6 Å². The number of aromatic nitrogens is 1. The number of hydrogen-bond acceptors (Lipinski definition) is 9. The Morgan fingerprint density at radius 1 is 0.884 bits per heavy atom. The monoisotopic (exact) mass is 581 g/mol. The molecule has 0 atom stereocenters. The smallest absolute Gasteiger partial charge is 0.416 e. The highest BCUT2D eigenvalue weighted by molar-refractivity contribution is 5.99. The molecule has 0 radical (unpaired) electrons. The van der Waals surface area contributed by atoms with E-state index in [1.165, 1.54) is 11.0 Å². The lowest BCUT2D eigenvalue weighted by Crippen LogP contribution is -2.33. The van der Waals surface area contributed by atoms with Crippen LogP contribution in [0.15, 0.2) is 101 Å². The fraction of sp³-hybridized carbons (Fsp3) is 0.161. The SMILES string of the molecule is CCc1ccccc1N(C)C(=O)OCOc1ccccc1N=Nc1ccc(NC(=O)CNC(=O)c2ccccc2)nc1N. The average Bonchev–Trinajstić information content (AvgIpc) is 3.03. The molecular weight excluding hydrogens is 550 g/mol. The second-order valence-electron chi connectivity index (χ2n) is 9.08. The third-order valence-electron chi connectivity index (χ3n) is 6.15. The number of ether oxygens (including phenoxy) is 2. The maximum atomic E-state index is 12.6. The first-order valence-corrected chi connectivity index (χ1v) is 13.4. The van der Waals surface area contributed by atoms with Gasteiger partial charge in [0.25, 0.3) is 5.91 Å². The number of nitrogens with two attached hydrogens (primary N) is 1. The van der Waals surface area contributed by atoms with Crippen molar-refractivity contribution in [3.05, 3.63) is 102 Å². The normalized spacial score (nSPS) is 10.7. The van der Waals surface area contributed by atoms with Crippen molar-refractivity contribution in [2.45, 2.75) is 13.3 Å². The summed E-state index contributed by atoms with van der Waals surface area (Å²) in [5.41, 5.74) is 8.88. The third-order valence-corrected chi connectivity index (χ3v) is 6.15. The molecule has 1 aromatic heterocycles. The Morgan fingerprint density at radius 2 is 1.58 bits per heavy atom. The van der Waals surface area contributed by atoms with E-state index in [4.69, 9.17) is 15.2 Å². The molecule has 12 heteroatoms. The van der Waals surface area contributed by atoms with Crippen LogP contribution in [-0.2, 0) is 16.0 Å². The molecule has 12 nitrogen and oxygen atoms in total. The van der Waals surface area contributed by atoms with Gasteiger partial charge in [-0.2, -0.15) is 0 Å². The Morgan fingerprint density at radius 3 is 2.35 bits per heavy atom. The van der Waals surface area contributed by atoms with E-state index >= 15 is 0 Å². The van der Waals surface area contributed by atoms with Crippen molar-refractivity contribution in [3.63, 3.8) is 0 Å². The van der Waals surface area contributed by atoms with Crippen LogP contribution in [0, 0.1) is 0 Å². The second kappa shape index (κ2) is 14.7. The quantitative estimate of drug-likeness (QED) is 0.153. The lowest BCUT2D eigenvalue weighted by Gasteiger charge is -2.20. The number of nitrogen functional groups attached to an aromatic ring is 1. The predicted molar refractivity (Wildman–Crippen MR) is 163 cm³/mol. The summed E-state index contributed by atoms with van der Waals surface area (Å²) in [6.45, 7) is 1.43. The van der Waals surface area contributed by atoms with Crippen LogP contribution in [0.5, 0.6) is 5.75 Å². The van der Waals surface area contributed by atoms with Gasteiger partial charge in [-0.25, -0.2) is 9.78 Å². The lowest BCUT2D eigenvalue weighted by molar-refractivity contribution is -0.115. The number of carbonyl (C=O) groups excluding carboxylic acids is 3. The van der Waals surface area contributed by atoms with Gasteiger partial charge in [-0.15, -0.1) is 10.2 Å². The summed E-state index contributed by atoms with van der Waals surface area (Å²) < 4.78 is 11.0. The van der Waals surface area contributed by atoms with Gasteiger partial charge >= 0.3 is 6.09 Å². The van der Waals surface area contributed by atoms with Gasteiger partial charge in [-0.1, -0.05) is 55.5 Å². The van der Waals surface area contributed by atoms with Crippen molar-refractivity contribution >= 4 is 46.6 Å². The van der Waals surface area contributed by atoms with Gasteiger partial charge in [-0.05, 0) is 54.4 Å². The number of para-hydroxylation sites is 2. The number of rotatable bonds is 11. The molecule has 0 fully saturated rings. The molecule has 0 aliphatic heterocycles. The van der Waals surface area contributed by atoms with Gasteiger partial charge < -0.3 is 25.8 Å². The van der Waals surface area contributed by atoms with Crippen LogP contribution < -0.4 is 26.0 Å². The molecular formula is C31H31N7O5. The number of anilines is 3. The first kappa shape index (κ1) is 30.2. The lowest BCUT2D eigenvalue weighted by atomic mass is 10.1. The summed E-state index contributed by atoms with van der Waals surface area (Å²) in [4.78, 5) is 42.5. The van der Waals surface area contributed by atoms with Crippen molar-refractivity contribution in [3.8, 4) is 5.75 Å². The fourth-order valence-corrected chi connectivity index (χ4v) is 3.91. The first-order valence-electron chi connectivity index (χ1n) is 13.4.